The van der Waals surface area contributed by atoms with Crippen molar-refractivity contribution in [3.8, 4) is 11.1 Å². The van der Waals surface area contributed by atoms with Crippen LogP contribution in [0.25, 0.3) is 21.3 Å². The maximum absolute atomic E-state index is 6.08. The molecule has 0 bridgehead atoms. The maximum atomic E-state index is 6.08. The van der Waals surface area contributed by atoms with Gasteiger partial charge < -0.3 is 10.2 Å². The van der Waals surface area contributed by atoms with E-state index in [9.17, 15) is 0 Å². The van der Waals surface area contributed by atoms with Gasteiger partial charge in [0.1, 0.15) is 17.0 Å². The molecule has 2 aromatic heterocycles. The lowest BCUT2D eigenvalue weighted by Gasteiger charge is -2.40. The van der Waals surface area contributed by atoms with Crippen LogP contribution in [0.15, 0.2) is 36.0 Å². The van der Waals surface area contributed by atoms with Crippen molar-refractivity contribution in [1.82, 2.24) is 19.8 Å². The van der Waals surface area contributed by atoms with Crippen molar-refractivity contribution in [2.24, 2.45) is 5.92 Å². The van der Waals surface area contributed by atoms with E-state index in [4.69, 9.17) is 11.6 Å². The van der Waals surface area contributed by atoms with Gasteiger partial charge in [-0.05, 0) is 30.7 Å². The fourth-order valence-corrected chi connectivity index (χ4v) is 5.03. The van der Waals surface area contributed by atoms with E-state index in [1.807, 2.05) is 12.1 Å². The van der Waals surface area contributed by atoms with Crippen LogP contribution in [0.4, 0.5) is 5.82 Å². The zero-order valence-corrected chi connectivity index (χ0v) is 18.8. The Hall–Kier alpha value is -1.73. The van der Waals surface area contributed by atoms with Gasteiger partial charge in [-0.3, -0.25) is 4.90 Å². The highest BCUT2D eigenvalue weighted by Gasteiger charge is 2.25. The molecule has 0 radical (unpaired) electrons. The molecule has 1 atom stereocenters. The maximum Gasteiger partial charge on any atom is 0.138 e. The van der Waals surface area contributed by atoms with E-state index < -0.39 is 0 Å². The van der Waals surface area contributed by atoms with Gasteiger partial charge in [-0.25, -0.2) is 9.97 Å². The fourth-order valence-electron chi connectivity index (χ4n) is 3.99. The van der Waals surface area contributed by atoms with Crippen molar-refractivity contribution in [3.63, 3.8) is 0 Å². The Labute approximate surface area is 181 Å². The van der Waals surface area contributed by atoms with E-state index in [2.05, 4.69) is 63.5 Å². The molecule has 4 rings (SSSR count). The van der Waals surface area contributed by atoms with Crippen LogP contribution in [0, 0.1) is 5.92 Å². The van der Waals surface area contributed by atoms with Crippen LogP contribution in [-0.4, -0.2) is 65.6 Å². The van der Waals surface area contributed by atoms with Crippen LogP contribution in [0.3, 0.4) is 0 Å². The highest BCUT2D eigenvalue weighted by molar-refractivity contribution is 7.17. The Kier molecular flexibility index (Phi) is 6.35. The quantitative estimate of drug-likeness (QED) is 0.615. The largest absolute Gasteiger partial charge is 0.368 e. The molecule has 0 unspecified atom stereocenters. The van der Waals surface area contributed by atoms with E-state index in [1.165, 1.54) is 0 Å². The molecule has 1 N–H and O–H groups in total. The molecule has 0 saturated carbocycles. The molecule has 154 valence electrons. The van der Waals surface area contributed by atoms with Crippen LogP contribution in [0.5, 0.6) is 0 Å². The molecule has 1 aliphatic heterocycles. The molecule has 1 aliphatic rings. The average molecular weight is 430 g/mol. The SMILES string of the molecule is CC(C)[C@@H](CNc1ncnc2scc(-c3ccc(Cl)cc3)c12)N1CCN(C)CC1. The van der Waals surface area contributed by atoms with Gasteiger partial charge in [0.05, 0.1) is 5.39 Å². The predicted molar refractivity (Wildman–Crippen MR) is 124 cm³/mol. The summed E-state index contributed by atoms with van der Waals surface area (Å²) in [4.78, 5) is 15.1. The van der Waals surface area contributed by atoms with Crippen molar-refractivity contribution < 1.29 is 0 Å². The number of aromatic nitrogens is 2. The number of likely N-dealkylation sites (N-methyl/N-ethyl adjacent to an activating group) is 1. The average Bonchev–Trinajstić information content (AvgIpc) is 3.15. The first-order valence-corrected chi connectivity index (χ1v) is 11.4. The summed E-state index contributed by atoms with van der Waals surface area (Å²) in [7, 11) is 2.20. The van der Waals surface area contributed by atoms with E-state index in [1.54, 1.807) is 17.7 Å². The van der Waals surface area contributed by atoms with Gasteiger partial charge in [0.25, 0.3) is 0 Å². The minimum absolute atomic E-state index is 0.478. The standard InChI is InChI=1S/C22H28ClN5S/c1-15(2)19(28-10-8-27(3)9-11-28)12-24-21-20-18(13-29-22(20)26-14-25-21)16-4-6-17(23)7-5-16/h4-7,13-15,19H,8-12H2,1-3H3,(H,24,25,26)/t19-/m1/s1. The van der Waals surface area contributed by atoms with E-state index in [-0.39, 0.29) is 0 Å². The van der Waals surface area contributed by atoms with Crippen LogP contribution in [0.2, 0.25) is 5.02 Å². The van der Waals surface area contributed by atoms with Crippen molar-refractivity contribution in [2.45, 2.75) is 19.9 Å². The number of nitrogens with zero attached hydrogens (tertiary/aromatic N) is 4. The molecule has 5 nitrogen and oxygen atoms in total. The summed E-state index contributed by atoms with van der Waals surface area (Å²) in [6.45, 7) is 10.00. The minimum Gasteiger partial charge on any atom is -0.368 e. The highest BCUT2D eigenvalue weighted by Crippen LogP contribution is 2.36. The molecular formula is C22H28ClN5S. The number of hydrogen-bond acceptors (Lipinski definition) is 6. The molecule has 29 heavy (non-hydrogen) atoms. The van der Waals surface area contributed by atoms with Crippen LogP contribution in [-0.2, 0) is 0 Å². The molecule has 1 aromatic carbocycles. The predicted octanol–water partition coefficient (Wildman–Crippen LogP) is 4.70. The number of rotatable bonds is 6. The summed E-state index contributed by atoms with van der Waals surface area (Å²) in [5.74, 6) is 1.49. The molecule has 0 aliphatic carbocycles. The lowest BCUT2D eigenvalue weighted by atomic mass is 10.0. The second-order valence-corrected chi connectivity index (χ2v) is 9.38. The number of fused-ring (bicyclic) bond motifs is 1. The molecule has 1 saturated heterocycles. The molecular weight excluding hydrogens is 402 g/mol. The Morgan fingerprint density at radius 1 is 1.10 bits per heavy atom. The third-order valence-corrected chi connectivity index (χ3v) is 6.92. The first-order chi connectivity index (χ1) is 14.0. The van der Waals surface area contributed by atoms with Crippen molar-refractivity contribution in [1.29, 1.82) is 0 Å². The lowest BCUT2D eigenvalue weighted by molar-refractivity contribution is 0.0944. The molecule has 0 amide bonds. The summed E-state index contributed by atoms with van der Waals surface area (Å²) in [5, 5.41) is 7.66. The zero-order valence-electron chi connectivity index (χ0n) is 17.2. The van der Waals surface area contributed by atoms with E-state index >= 15 is 0 Å². The van der Waals surface area contributed by atoms with Crippen molar-refractivity contribution in [3.05, 3.63) is 41.0 Å². The van der Waals surface area contributed by atoms with E-state index in [0.29, 0.717) is 12.0 Å². The number of thiophene rings is 1. The fraction of sp³-hybridized carbons (Fsp3) is 0.455. The second-order valence-electron chi connectivity index (χ2n) is 8.09. The topological polar surface area (TPSA) is 44.3 Å². The normalized spacial score (nSPS) is 17.1. The summed E-state index contributed by atoms with van der Waals surface area (Å²) >= 11 is 7.73. The Bertz CT molecular complexity index is 947. The summed E-state index contributed by atoms with van der Waals surface area (Å²) in [6.07, 6.45) is 1.66. The van der Waals surface area contributed by atoms with E-state index in [0.717, 1.165) is 64.9 Å². The van der Waals surface area contributed by atoms with Gasteiger partial charge in [-0.2, -0.15) is 0 Å². The van der Waals surface area contributed by atoms with Gasteiger partial charge in [0.15, 0.2) is 0 Å². The smallest absolute Gasteiger partial charge is 0.138 e. The van der Waals surface area contributed by atoms with Crippen LogP contribution in [0.1, 0.15) is 13.8 Å². The van der Waals surface area contributed by atoms with Crippen molar-refractivity contribution >= 4 is 39.0 Å². The summed E-state index contributed by atoms with van der Waals surface area (Å²) < 4.78 is 0. The summed E-state index contributed by atoms with van der Waals surface area (Å²) in [5.41, 5.74) is 2.29. The first kappa shape index (κ1) is 20.5. The van der Waals surface area contributed by atoms with Crippen LogP contribution < -0.4 is 5.32 Å². The van der Waals surface area contributed by atoms with Gasteiger partial charge in [0.2, 0.25) is 0 Å². The third kappa shape index (κ3) is 4.56. The van der Waals surface area contributed by atoms with Gasteiger partial charge in [-0.1, -0.05) is 37.6 Å². The number of benzene rings is 1. The highest BCUT2D eigenvalue weighted by atomic mass is 35.5. The molecule has 7 heteroatoms. The number of nitrogens with one attached hydrogen (secondary N) is 1. The zero-order chi connectivity index (χ0) is 20.4. The lowest BCUT2D eigenvalue weighted by Crippen LogP contribution is -2.52. The van der Waals surface area contributed by atoms with Gasteiger partial charge in [-0.15, -0.1) is 11.3 Å². The second kappa shape index (κ2) is 8.96. The molecule has 1 fully saturated rings. The monoisotopic (exact) mass is 429 g/mol. The Morgan fingerprint density at radius 2 is 1.83 bits per heavy atom. The summed E-state index contributed by atoms with van der Waals surface area (Å²) in [6, 6.07) is 8.45. The number of hydrogen-bond donors (Lipinski definition) is 1. The number of halogens is 1. The minimum atomic E-state index is 0.478. The van der Waals surface area contributed by atoms with Crippen molar-refractivity contribution in [2.75, 3.05) is 45.1 Å². The van der Waals surface area contributed by atoms with Gasteiger partial charge >= 0.3 is 0 Å². The number of anilines is 1. The third-order valence-electron chi connectivity index (χ3n) is 5.78. The Balaban J connectivity index is 1.58. The molecule has 3 aromatic rings. The van der Waals surface area contributed by atoms with Crippen LogP contribution >= 0.6 is 22.9 Å². The molecule has 3 heterocycles. The number of piperazine rings is 1. The molecule has 0 spiro atoms. The van der Waals surface area contributed by atoms with Gasteiger partial charge in [0, 0.05) is 54.7 Å². The first-order valence-electron chi connectivity index (χ1n) is 10.2. The Morgan fingerprint density at radius 3 is 2.52 bits per heavy atom.